The minimum absolute atomic E-state index is 0.0665. The number of nitrogens with two attached hydrogens (primary N) is 1. The molecule has 2 aliphatic carbocycles. The third kappa shape index (κ3) is 4.46. The predicted molar refractivity (Wildman–Crippen MR) is 120 cm³/mol. The van der Waals surface area contributed by atoms with E-state index in [0.717, 1.165) is 25.7 Å². The summed E-state index contributed by atoms with van der Waals surface area (Å²) in [7, 11) is 1.72. The van der Waals surface area contributed by atoms with Gasteiger partial charge in [0, 0.05) is 25.1 Å². The van der Waals surface area contributed by atoms with Gasteiger partial charge in [0.1, 0.15) is 17.2 Å². The van der Waals surface area contributed by atoms with Crippen LogP contribution in [0.4, 0.5) is 15.9 Å². The van der Waals surface area contributed by atoms with Gasteiger partial charge in [0.15, 0.2) is 0 Å². The molecule has 2 unspecified atom stereocenters. The molecule has 1 heterocycles. The Bertz CT molecular complexity index is 1030. The van der Waals surface area contributed by atoms with Crippen molar-refractivity contribution in [1.82, 2.24) is 9.78 Å². The van der Waals surface area contributed by atoms with E-state index >= 15 is 0 Å². The van der Waals surface area contributed by atoms with Gasteiger partial charge in [0.05, 0.1) is 17.3 Å². The predicted octanol–water partition coefficient (Wildman–Crippen LogP) is 4.52. The number of esters is 1. The molecule has 1 aromatic carbocycles. The van der Waals surface area contributed by atoms with E-state index < -0.39 is 5.82 Å². The number of benzene rings is 1. The fourth-order valence-corrected chi connectivity index (χ4v) is 5.61. The van der Waals surface area contributed by atoms with Crippen LogP contribution in [0.25, 0.3) is 0 Å². The summed E-state index contributed by atoms with van der Waals surface area (Å²) in [6.45, 7) is 2.24. The molecule has 0 saturated heterocycles. The van der Waals surface area contributed by atoms with E-state index in [1.54, 1.807) is 7.05 Å². The summed E-state index contributed by atoms with van der Waals surface area (Å²) >= 11 is 5.83. The number of ether oxygens (including phenoxy) is 1. The van der Waals surface area contributed by atoms with Gasteiger partial charge in [-0.1, -0.05) is 11.6 Å². The molecule has 172 valence electrons. The van der Waals surface area contributed by atoms with Crippen molar-refractivity contribution < 1.29 is 18.7 Å². The molecule has 0 bridgehead atoms. The molecule has 2 atom stereocenters. The lowest BCUT2D eigenvalue weighted by molar-refractivity contribution is -0.144. The Hall–Kier alpha value is -2.61. The smallest absolute Gasteiger partial charge is 0.306 e. The number of nitrogens with one attached hydrogen (secondary N) is 1. The van der Waals surface area contributed by atoms with Crippen LogP contribution in [-0.4, -0.2) is 28.3 Å². The number of aromatic nitrogens is 2. The normalized spacial score (nSPS) is 24.4. The highest BCUT2D eigenvalue weighted by Gasteiger charge is 2.44. The number of rotatable bonds is 6. The summed E-state index contributed by atoms with van der Waals surface area (Å²) < 4.78 is 20.1. The first-order valence-electron chi connectivity index (χ1n) is 11.0. The Labute approximate surface area is 191 Å². The van der Waals surface area contributed by atoms with Crippen LogP contribution in [0.1, 0.15) is 61.0 Å². The monoisotopic (exact) mass is 462 g/mol. The molecule has 2 saturated carbocycles. The van der Waals surface area contributed by atoms with E-state index in [-0.39, 0.29) is 22.8 Å². The fourth-order valence-electron chi connectivity index (χ4n) is 5.43. The molecular formula is C23H28ClFN4O3. The molecule has 1 amide bonds. The molecule has 0 radical (unpaired) electrons. The SMILES string of the molecule is CCOC(=O)CC1CC2CC(c3nn(C)c(N)c3C(=O)Nc3ccc(F)c(Cl)c3)CC2C1. The van der Waals surface area contributed by atoms with Gasteiger partial charge in [-0.25, -0.2) is 4.39 Å². The molecule has 3 N–H and O–H groups in total. The van der Waals surface area contributed by atoms with Gasteiger partial charge >= 0.3 is 5.97 Å². The molecule has 7 nitrogen and oxygen atoms in total. The van der Waals surface area contributed by atoms with Crippen molar-refractivity contribution in [1.29, 1.82) is 0 Å². The summed E-state index contributed by atoms with van der Waals surface area (Å²) in [5.74, 6) is 0.758. The van der Waals surface area contributed by atoms with Crippen LogP contribution >= 0.6 is 11.6 Å². The van der Waals surface area contributed by atoms with Gasteiger partial charge in [0.25, 0.3) is 5.91 Å². The second-order valence-corrected chi connectivity index (χ2v) is 9.29. The standard InChI is InChI=1S/C23H28ClFN4O3/c1-3-32-19(30)8-12-6-13-9-15(10-14(13)7-12)21-20(22(26)29(2)28-21)23(31)27-16-4-5-18(25)17(24)11-16/h4-5,11-15H,3,6-10,26H2,1-2H3,(H,27,31). The fraction of sp³-hybridized carbons (Fsp3) is 0.522. The lowest BCUT2D eigenvalue weighted by Gasteiger charge is -2.14. The summed E-state index contributed by atoms with van der Waals surface area (Å²) in [6, 6.07) is 4.02. The number of aryl methyl sites for hydroxylation is 1. The molecule has 2 fully saturated rings. The first-order valence-corrected chi connectivity index (χ1v) is 11.4. The quantitative estimate of drug-likeness (QED) is 0.615. The third-order valence-corrected chi connectivity index (χ3v) is 7.07. The highest BCUT2D eigenvalue weighted by molar-refractivity contribution is 6.31. The topological polar surface area (TPSA) is 99.2 Å². The highest BCUT2D eigenvalue weighted by Crippen LogP contribution is 2.53. The zero-order valence-electron chi connectivity index (χ0n) is 18.2. The van der Waals surface area contributed by atoms with Crippen LogP contribution in [0.15, 0.2) is 18.2 Å². The first kappa shape index (κ1) is 22.6. The number of hydrogen-bond donors (Lipinski definition) is 2. The molecule has 0 spiro atoms. The second-order valence-electron chi connectivity index (χ2n) is 8.89. The number of halogens is 2. The third-order valence-electron chi connectivity index (χ3n) is 6.78. The van der Waals surface area contributed by atoms with Crippen LogP contribution in [0.5, 0.6) is 0 Å². The summed E-state index contributed by atoms with van der Waals surface area (Å²) in [4.78, 5) is 24.9. The number of carbonyl (C=O) groups excluding carboxylic acids is 2. The van der Waals surface area contributed by atoms with E-state index in [9.17, 15) is 14.0 Å². The maximum atomic E-state index is 13.4. The summed E-state index contributed by atoms with van der Waals surface area (Å²) in [5.41, 5.74) is 7.66. The molecule has 32 heavy (non-hydrogen) atoms. The van der Waals surface area contributed by atoms with E-state index in [4.69, 9.17) is 22.1 Å². The number of nitrogen functional groups attached to an aromatic ring is 1. The summed E-state index contributed by atoms with van der Waals surface area (Å²) in [5, 5.41) is 7.27. The van der Waals surface area contributed by atoms with Gasteiger partial charge in [-0.3, -0.25) is 14.3 Å². The number of carbonyl (C=O) groups is 2. The Kier molecular flexibility index (Phi) is 6.42. The van der Waals surface area contributed by atoms with Crippen molar-refractivity contribution in [3.8, 4) is 0 Å². The first-order chi connectivity index (χ1) is 15.3. The van der Waals surface area contributed by atoms with Crippen LogP contribution in [0.3, 0.4) is 0 Å². The number of amides is 1. The Balaban J connectivity index is 1.47. The zero-order chi connectivity index (χ0) is 23.0. The van der Waals surface area contributed by atoms with Crippen molar-refractivity contribution in [2.45, 2.75) is 44.9 Å². The van der Waals surface area contributed by atoms with Gasteiger partial charge in [-0.05, 0) is 68.6 Å². The van der Waals surface area contributed by atoms with Crippen LogP contribution in [0, 0.1) is 23.6 Å². The Morgan fingerprint density at radius 2 is 1.97 bits per heavy atom. The molecule has 1 aromatic heterocycles. The van der Waals surface area contributed by atoms with E-state index in [1.165, 1.54) is 22.9 Å². The molecule has 2 aromatic rings. The van der Waals surface area contributed by atoms with Gasteiger partial charge in [-0.15, -0.1) is 0 Å². The Morgan fingerprint density at radius 1 is 1.28 bits per heavy atom. The number of hydrogen-bond acceptors (Lipinski definition) is 5. The average molecular weight is 463 g/mol. The largest absolute Gasteiger partial charge is 0.466 e. The molecule has 9 heteroatoms. The van der Waals surface area contributed by atoms with Crippen LogP contribution in [-0.2, 0) is 16.6 Å². The molecule has 4 rings (SSSR count). The lowest BCUT2D eigenvalue weighted by Crippen LogP contribution is -2.16. The summed E-state index contributed by atoms with van der Waals surface area (Å²) in [6.07, 6.45) is 4.32. The minimum Gasteiger partial charge on any atom is -0.466 e. The minimum atomic E-state index is -0.551. The molecule has 2 aliphatic rings. The number of fused-ring (bicyclic) bond motifs is 1. The van der Waals surface area contributed by atoms with Crippen molar-refractivity contribution in [3.05, 3.63) is 40.3 Å². The lowest BCUT2D eigenvalue weighted by atomic mass is 9.92. The van der Waals surface area contributed by atoms with Crippen molar-refractivity contribution in [3.63, 3.8) is 0 Å². The molecular weight excluding hydrogens is 435 g/mol. The van der Waals surface area contributed by atoms with Gasteiger partial charge < -0.3 is 15.8 Å². The zero-order valence-corrected chi connectivity index (χ0v) is 19.0. The van der Waals surface area contributed by atoms with Crippen molar-refractivity contribution in [2.24, 2.45) is 24.8 Å². The number of anilines is 2. The van der Waals surface area contributed by atoms with E-state index in [0.29, 0.717) is 53.5 Å². The average Bonchev–Trinajstić information content (AvgIpc) is 3.37. The maximum absolute atomic E-state index is 13.4. The van der Waals surface area contributed by atoms with E-state index in [1.807, 2.05) is 6.92 Å². The second kappa shape index (κ2) is 9.10. The highest BCUT2D eigenvalue weighted by atomic mass is 35.5. The van der Waals surface area contributed by atoms with Gasteiger partial charge in [0.2, 0.25) is 0 Å². The van der Waals surface area contributed by atoms with Crippen molar-refractivity contribution in [2.75, 3.05) is 17.7 Å². The number of nitrogens with zero attached hydrogens (tertiary/aromatic N) is 2. The van der Waals surface area contributed by atoms with Crippen LogP contribution < -0.4 is 11.1 Å². The van der Waals surface area contributed by atoms with Crippen molar-refractivity contribution >= 4 is 35.0 Å². The van der Waals surface area contributed by atoms with E-state index in [2.05, 4.69) is 10.4 Å². The van der Waals surface area contributed by atoms with Crippen LogP contribution in [0.2, 0.25) is 5.02 Å². The van der Waals surface area contributed by atoms with Gasteiger partial charge in [-0.2, -0.15) is 5.10 Å². The maximum Gasteiger partial charge on any atom is 0.306 e. The molecule has 0 aliphatic heterocycles. The Morgan fingerprint density at radius 3 is 2.59 bits per heavy atom.